The molecule has 1 rings (SSSR count). The average molecular weight is 171 g/mol. The molecule has 0 heterocycles. The van der Waals surface area contributed by atoms with E-state index in [0.717, 1.165) is 0 Å². The number of hydrogen-bond donors (Lipinski definition) is 3. The van der Waals surface area contributed by atoms with Crippen LogP contribution in [0.3, 0.4) is 0 Å². The van der Waals surface area contributed by atoms with E-state index in [1.807, 2.05) is 0 Å². The van der Waals surface area contributed by atoms with E-state index in [1.54, 1.807) is 0 Å². The highest BCUT2D eigenvalue weighted by Gasteiger charge is 2.17. The first kappa shape index (κ1) is 9.33. The summed E-state index contributed by atoms with van der Waals surface area (Å²) in [6.07, 6.45) is 0. The van der Waals surface area contributed by atoms with E-state index >= 15 is 0 Å². The lowest BCUT2D eigenvalue weighted by atomic mass is 9.78. The Morgan fingerprint density at radius 1 is 0.923 bits per heavy atom. The van der Waals surface area contributed by atoms with Crippen LogP contribution in [0.1, 0.15) is 5.56 Å². The van der Waals surface area contributed by atoms with Crippen molar-refractivity contribution in [3.8, 4) is 23.3 Å². The van der Waals surface area contributed by atoms with Gasteiger partial charge in [-0.3, -0.25) is 0 Å². The van der Waals surface area contributed by atoms with Crippen LogP contribution >= 0.6 is 0 Å². The number of rotatable bonds is 0. The summed E-state index contributed by atoms with van der Waals surface area (Å²) in [5, 5.41) is 35.9. The lowest BCUT2D eigenvalue weighted by Gasteiger charge is -2.10. The minimum Gasteiger partial charge on any atom is -0.507 e. The largest absolute Gasteiger partial charge is 0.507 e. The van der Waals surface area contributed by atoms with Crippen molar-refractivity contribution in [1.29, 1.82) is 5.26 Å². The Balaban J connectivity index is 3.69. The third kappa shape index (κ3) is 1.18. The maximum absolute atomic E-state index is 9.19. The summed E-state index contributed by atoms with van der Waals surface area (Å²) in [5.41, 5.74) is -1.18. The van der Waals surface area contributed by atoms with Crippen molar-refractivity contribution in [3.63, 3.8) is 0 Å². The molecule has 0 saturated carbocycles. The monoisotopic (exact) mass is 171 g/mol. The smallest absolute Gasteiger partial charge is 0.178 e. The molecule has 0 aliphatic rings. The van der Waals surface area contributed by atoms with E-state index in [2.05, 4.69) is 0 Å². The van der Waals surface area contributed by atoms with Crippen LogP contribution in [0.15, 0.2) is 0 Å². The molecule has 6 heteroatoms. The molecule has 4 nitrogen and oxygen atoms in total. The molecule has 60 valence electrons. The molecule has 4 radical (unpaired) electrons. The van der Waals surface area contributed by atoms with Gasteiger partial charge in [-0.05, 0) is 0 Å². The number of phenols is 3. The van der Waals surface area contributed by atoms with Crippen LogP contribution in [0, 0.1) is 11.3 Å². The lowest BCUT2D eigenvalue weighted by molar-refractivity contribution is 0.399. The van der Waals surface area contributed by atoms with Gasteiger partial charge in [-0.2, -0.15) is 5.26 Å². The summed E-state index contributed by atoms with van der Waals surface area (Å²) in [6.45, 7) is 0. The Morgan fingerprint density at radius 2 is 1.38 bits per heavy atom. The standard InChI is InChI=1S/C7H3B2NO3/c8-3-4(9)7(13)6(12)2(1-10)5(3)11/h11-13H. The van der Waals surface area contributed by atoms with Gasteiger partial charge in [0.25, 0.3) is 0 Å². The fraction of sp³-hybridized carbons (Fsp3) is 0. The molecule has 0 amide bonds. The molecule has 0 saturated heterocycles. The summed E-state index contributed by atoms with van der Waals surface area (Å²) in [7, 11) is 10.4. The molecule has 0 unspecified atom stereocenters. The van der Waals surface area contributed by atoms with Gasteiger partial charge in [0.15, 0.2) is 11.5 Å². The first-order valence-electron chi connectivity index (χ1n) is 3.22. The molecule has 13 heavy (non-hydrogen) atoms. The van der Waals surface area contributed by atoms with Crippen LogP contribution in [-0.4, -0.2) is 31.0 Å². The van der Waals surface area contributed by atoms with Crippen molar-refractivity contribution in [2.75, 3.05) is 0 Å². The topological polar surface area (TPSA) is 84.5 Å². The van der Waals surface area contributed by atoms with Crippen molar-refractivity contribution >= 4 is 26.6 Å². The van der Waals surface area contributed by atoms with Gasteiger partial charge in [0.1, 0.15) is 33.1 Å². The predicted molar refractivity (Wildman–Crippen MR) is 46.9 cm³/mol. The highest BCUT2D eigenvalue weighted by atomic mass is 16.3. The zero-order valence-electron chi connectivity index (χ0n) is 6.44. The zero-order chi connectivity index (χ0) is 10.2. The van der Waals surface area contributed by atoms with Crippen LogP contribution < -0.4 is 10.9 Å². The van der Waals surface area contributed by atoms with E-state index in [9.17, 15) is 5.11 Å². The van der Waals surface area contributed by atoms with Crippen LogP contribution in [0.5, 0.6) is 17.2 Å². The third-order valence-electron chi connectivity index (χ3n) is 1.61. The van der Waals surface area contributed by atoms with E-state index < -0.39 is 22.8 Å². The molecule has 1 aromatic carbocycles. The van der Waals surface area contributed by atoms with Crippen LogP contribution in [0.25, 0.3) is 0 Å². The summed E-state index contributed by atoms with van der Waals surface area (Å²) in [4.78, 5) is 0. The number of nitriles is 1. The molecule has 0 aromatic heterocycles. The molecule has 0 fully saturated rings. The predicted octanol–water partition coefficient (Wildman–Crippen LogP) is -1.74. The number of phenolic OH excluding ortho intramolecular Hbond substituents is 3. The van der Waals surface area contributed by atoms with Crippen LogP contribution in [0.2, 0.25) is 0 Å². The molecule has 0 aliphatic carbocycles. The fourth-order valence-electron chi connectivity index (χ4n) is 0.854. The van der Waals surface area contributed by atoms with E-state index in [-0.39, 0.29) is 10.9 Å². The van der Waals surface area contributed by atoms with Gasteiger partial charge < -0.3 is 15.3 Å². The lowest BCUT2D eigenvalue weighted by Crippen LogP contribution is -2.26. The van der Waals surface area contributed by atoms with Gasteiger partial charge in [0, 0.05) is 0 Å². The zero-order valence-corrected chi connectivity index (χ0v) is 6.44. The third-order valence-corrected chi connectivity index (χ3v) is 1.61. The Hall–Kier alpha value is -1.76. The Labute approximate surface area is 76.9 Å². The van der Waals surface area contributed by atoms with Gasteiger partial charge in [-0.1, -0.05) is 10.9 Å². The molecular weight excluding hydrogens is 168 g/mol. The summed E-state index contributed by atoms with van der Waals surface area (Å²) in [6, 6.07) is 1.48. The van der Waals surface area contributed by atoms with E-state index in [1.165, 1.54) is 6.07 Å². The maximum atomic E-state index is 9.19. The van der Waals surface area contributed by atoms with Crippen LogP contribution in [0.4, 0.5) is 0 Å². The van der Waals surface area contributed by atoms with Gasteiger partial charge in [0.05, 0.1) is 0 Å². The number of nitrogens with zero attached hydrogens (tertiary/aromatic N) is 1. The van der Waals surface area contributed by atoms with Gasteiger partial charge >= 0.3 is 0 Å². The summed E-state index contributed by atoms with van der Waals surface area (Å²) in [5.74, 6) is -2.10. The number of hydrogen-bond acceptors (Lipinski definition) is 4. The molecule has 0 atom stereocenters. The van der Waals surface area contributed by atoms with E-state index in [4.69, 9.17) is 31.2 Å². The number of benzene rings is 1. The van der Waals surface area contributed by atoms with Gasteiger partial charge in [-0.15, -0.1) is 0 Å². The quantitative estimate of drug-likeness (QED) is 0.245. The van der Waals surface area contributed by atoms with Gasteiger partial charge in [0.2, 0.25) is 0 Å². The second-order valence-electron chi connectivity index (χ2n) is 2.36. The molecule has 0 spiro atoms. The Morgan fingerprint density at radius 3 is 1.85 bits per heavy atom. The summed E-state index contributed by atoms with van der Waals surface area (Å²) < 4.78 is 0. The molecular formula is C7H3B2NO3. The Kier molecular flexibility index (Phi) is 2.11. The fourth-order valence-corrected chi connectivity index (χ4v) is 0.854. The van der Waals surface area contributed by atoms with Crippen molar-refractivity contribution < 1.29 is 15.3 Å². The normalized spacial score (nSPS) is 9.46. The highest BCUT2D eigenvalue weighted by Crippen LogP contribution is 2.30. The first-order chi connectivity index (χ1) is 6.00. The first-order valence-corrected chi connectivity index (χ1v) is 3.22. The molecule has 1 aromatic rings. The second-order valence-corrected chi connectivity index (χ2v) is 2.36. The maximum Gasteiger partial charge on any atom is 0.178 e. The molecule has 3 N–H and O–H groups in total. The van der Waals surface area contributed by atoms with E-state index in [0.29, 0.717) is 0 Å². The van der Waals surface area contributed by atoms with Crippen molar-refractivity contribution in [2.45, 2.75) is 0 Å². The van der Waals surface area contributed by atoms with Crippen molar-refractivity contribution in [1.82, 2.24) is 0 Å². The highest BCUT2D eigenvalue weighted by molar-refractivity contribution is 6.51. The van der Waals surface area contributed by atoms with Crippen molar-refractivity contribution in [3.05, 3.63) is 5.56 Å². The molecule has 0 bridgehead atoms. The SMILES string of the molecule is [B]c1c([B])c(O)c(C#N)c(O)c1O. The number of aromatic hydroxyl groups is 3. The van der Waals surface area contributed by atoms with Crippen LogP contribution in [-0.2, 0) is 0 Å². The van der Waals surface area contributed by atoms with Gasteiger partial charge in [-0.25, -0.2) is 0 Å². The molecule has 0 aliphatic heterocycles. The minimum absolute atomic E-state index is 0.327. The Bertz CT molecular complexity index is 382. The van der Waals surface area contributed by atoms with Crippen molar-refractivity contribution in [2.24, 2.45) is 0 Å². The second kappa shape index (κ2) is 2.94. The summed E-state index contributed by atoms with van der Waals surface area (Å²) >= 11 is 0. The average Bonchev–Trinajstić information content (AvgIpc) is 2.13. The minimum atomic E-state index is -0.772.